The molecule has 0 aromatic heterocycles. The van der Waals surface area contributed by atoms with E-state index in [1.807, 2.05) is 36.4 Å². The van der Waals surface area contributed by atoms with Crippen LogP contribution in [-0.4, -0.2) is 42.8 Å². The standard InChI is InChI=1S/C32H30O8/c1-4-30(34)38-19-5-18-37-27-12-8-25(9-13-27)26-10-14-28(15-11-26)39-31(35)17-7-24-6-16-29(22(2)20-24)40-32(36)23(3)21-33/h4,6-17,20,33H,1,3,5,18-19,21H2,2H3/b17-7+. The van der Waals surface area contributed by atoms with Crippen LogP contribution in [0.1, 0.15) is 17.5 Å². The summed E-state index contributed by atoms with van der Waals surface area (Å²) in [5.41, 5.74) is 3.26. The van der Waals surface area contributed by atoms with Crippen molar-refractivity contribution in [3.63, 3.8) is 0 Å². The van der Waals surface area contributed by atoms with Crippen LogP contribution in [0.25, 0.3) is 17.2 Å². The van der Waals surface area contributed by atoms with Crippen molar-refractivity contribution in [2.45, 2.75) is 13.3 Å². The number of carbonyl (C=O) groups excluding carboxylic acids is 3. The van der Waals surface area contributed by atoms with E-state index in [0.29, 0.717) is 41.4 Å². The molecule has 0 aliphatic rings. The molecule has 0 amide bonds. The molecule has 3 aromatic rings. The Morgan fingerprint density at radius 2 is 1.50 bits per heavy atom. The highest BCUT2D eigenvalue weighted by molar-refractivity contribution is 5.90. The van der Waals surface area contributed by atoms with Crippen LogP contribution in [0.5, 0.6) is 17.2 Å². The Morgan fingerprint density at radius 1 is 0.850 bits per heavy atom. The monoisotopic (exact) mass is 542 g/mol. The number of hydrogen-bond donors (Lipinski definition) is 1. The topological polar surface area (TPSA) is 108 Å². The Kier molecular flexibility index (Phi) is 11.0. The van der Waals surface area contributed by atoms with Crippen molar-refractivity contribution >= 4 is 24.0 Å². The molecule has 0 saturated carbocycles. The maximum Gasteiger partial charge on any atom is 0.341 e. The molecular weight excluding hydrogens is 512 g/mol. The molecule has 0 radical (unpaired) electrons. The van der Waals surface area contributed by atoms with Gasteiger partial charge in [0.05, 0.1) is 25.4 Å². The van der Waals surface area contributed by atoms with Gasteiger partial charge in [0.2, 0.25) is 0 Å². The van der Waals surface area contributed by atoms with Crippen LogP contribution in [0.3, 0.4) is 0 Å². The van der Waals surface area contributed by atoms with E-state index in [9.17, 15) is 14.4 Å². The molecular formula is C32H30O8. The van der Waals surface area contributed by atoms with Crippen LogP contribution < -0.4 is 14.2 Å². The number of aryl methyl sites for hydroxylation is 1. The molecule has 8 heteroatoms. The van der Waals surface area contributed by atoms with Crippen LogP contribution in [0.2, 0.25) is 0 Å². The van der Waals surface area contributed by atoms with E-state index in [0.717, 1.165) is 17.2 Å². The van der Waals surface area contributed by atoms with Gasteiger partial charge in [-0.05, 0) is 71.7 Å². The highest BCUT2D eigenvalue weighted by Crippen LogP contribution is 2.25. The molecule has 0 bridgehead atoms. The summed E-state index contributed by atoms with van der Waals surface area (Å²) in [7, 11) is 0. The fourth-order valence-corrected chi connectivity index (χ4v) is 3.38. The van der Waals surface area contributed by atoms with Crippen molar-refractivity contribution in [3.05, 3.63) is 109 Å². The molecule has 40 heavy (non-hydrogen) atoms. The third-order valence-corrected chi connectivity index (χ3v) is 5.52. The van der Waals surface area contributed by atoms with Crippen molar-refractivity contribution in [2.75, 3.05) is 19.8 Å². The minimum Gasteiger partial charge on any atom is -0.493 e. The second-order valence-electron chi connectivity index (χ2n) is 8.55. The van der Waals surface area contributed by atoms with Gasteiger partial charge in [0.15, 0.2) is 0 Å². The third-order valence-electron chi connectivity index (χ3n) is 5.52. The van der Waals surface area contributed by atoms with Crippen molar-refractivity contribution in [1.29, 1.82) is 0 Å². The number of carbonyl (C=O) groups is 3. The normalized spacial score (nSPS) is 10.6. The first-order chi connectivity index (χ1) is 19.3. The Balaban J connectivity index is 1.49. The van der Waals surface area contributed by atoms with Gasteiger partial charge in [-0.15, -0.1) is 0 Å². The fourth-order valence-electron chi connectivity index (χ4n) is 3.38. The van der Waals surface area contributed by atoms with E-state index in [1.54, 1.807) is 43.3 Å². The van der Waals surface area contributed by atoms with E-state index in [1.165, 1.54) is 6.08 Å². The summed E-state index contributed by atoms with van der Waals surface area (Å²) >= 11 is 0. The predicted octanol–water partition coefficient (Wildman–Crippen LogP) is 5.23. The van der Waals surface area contributed by atoms with Crippen molar-refractivity contribution in [1.82, 2.24) is 0 Å². The number of hydrogen-bond acceptors (Lipinski definition) is 8. The van der Waals surface area contributed by atoms with E-state index in [2.05, 4.69) is 13.2 Å². The lowest BCUT2D eigenvalue weighted by Gasteiger charge is -2.09. The molecule has 3 aromatic carbocycles. The molecule has 0 aliphatic heterocycles. The summed E-state index contributed by atoms with van der Waals surface area (Å²) in [6.07, 6.45) is 4.60. The zero-order valence-corrected chi connectivity index (χ0v) is 22.1. The molecule has 8 nitrogen and oxygen atoms in total. The summed E-state index contributed by atoms with van der Waals surface area (Å²) in [5, 5.41) is 8.98. The zero-order valence-electron chi connectivity index (χ0n) is 22.1. The van der Waals surface area contributed by atoms with E-state index in [4.69, 9.17) is 24.1 Å². The van der Waals surface area contributed by atoms with Crippen LogP contribution in [0.4, 0.5) is 0 Å². The second kappa shape index (κ2) is 14.8. The summed E-state index contributed by atoms with van der Waals surface area (Å²) in [6, 6.07) is 19.7. The molecule has 206 valence electrons. The Labute approximate surface area is 232 Å². The number of esters is 3. The second-order valence-corrected chi connectivity index (χ2v) is 8.55. The van der Waals surface area contributed by atoms with Gasteiger partial charge in [0, 0.05) is 18.6 Å². The molecule has 0 fully saturated rings. The Bertz CT molecular complexity index is 1390. The first-order valence-electron chi connectivity index (χ1n) is 12.4. The van der Waals surface area contributed by atoms with Crippen molar-refractivity contribution < 1.29 is 38.4 Å². The van der Waals surface area contributed by atoms with Crippen molar-refractivity contribution in [3.8, 4) is 28.4 Å². The number of ether oxygens (including phenoxy) is 4. The van der Waals surface area contributed by atoms with Crippen LogP contribution in [0, 0.1) is 6.92 Å². The number of benzene rings is 3. The van der Waals surface area contributed by atoms with E-state index in [-0.39, 0.29) is 12.2 Å². The summed E-state index contributed by atoms with van der Waals surface area (Å²) < 4.78 is 21.2. The van der Waals surface area contributed by atoms with Gasteiger partial charge in [0.1, 0.15) is 17.2 Å². The molecule has 0 unspecified atom stereocenters. The lowest BCUT2D eigenvalue weighted by Crippen LogP contribution is -2.13. The summed E-state index contributed by atoms with van der Waals surface area (Å²) in [5.74, 6) is -0.251. The first-order valence-corrected chi connectivity index (χ1v) is 12.4. The minimum atomic E-state index is -0.702. The maximum absolute atomic E-state index is 12.3. The predicted molar refractivity (Wildman–Crippen MR) is 151 cm³/mol. The lowest BCUT2D eigenvalue weighted by atomic mass is 10.1. The van der Waals surface area contributed by atoms with Gasteiger partial charge in [-0.25, -0.2) is 14.4 Å². The van der Waals surface area contributed by atoms with Gasteiger partial charge in [0.25, 0.3) is 0 Å². The largest absolute Gasteiger partial charge is 0.493 e. The summed E-state index contributed by atoms with van der Waals surface area (Å²) in [4.78, 5) is 35.1. The quantitative estimate of drug-likeness (QED) is 0.135. The van der Waals surface area contributed by atoms with E-state index >= 15 is 0 Å². The van der Waals surface area contributed by atoms with Crippen LogP contribution in [0.15, 0.2) is 97.6 Å². The number of rotatable bonds is 13. The maximum atomic E-state index is 12.3. The molecule has 0 spiro atoms. The summed E-state index contributed by atoms with van der Waals surface area (Å²) in [6.45, 7) is 8.75. The molecule has 0 heterocycles. The van der Waals surface area contributed by atoms with Crippen molar-refractivity contribution in [2.24, 2.45) is 0 Å². The number of aliphatic hydroxyl groups is 1. The van der Waals surface area contributed by atoms with Gasteiger partial charge in [-0.1, -0.05) is 43.5 Å². The lowest BCUT2D eigenvalue weighted by molar-refractivity contribution is -0.138. The SMILES string of the molecule is C=CC(=O)OCCCOc1ccc(-c2ccc(OC(=O)/C=C/c3ccc(OC(=O)C(=C)CO)c(C)c3)cc2)cc1. The molecule has 0 atom stereocenters. The highest BCUT2D eigenvalue weighted by Gasteiger charge is 2.11. The molecule has 0 saturated heterocycles. The molecule has 0 aliphatic carbocycles. The Hall–Kier alpha value is -4.95. The van der Waals surface area contributed by atoms with Crippen LogP contribution >= 0.6 is 0 Å². The first kappa shape index (κ1) is 29.6. The average Bonchev–Trinajstić information content (AvgIpc) is 2.97. The minimum absolute atomic E-state index is 0.0411. The smallest absolute Gasteiger partial charge is 0.341 e. The molecule has 1 N–H and O–H groups in total. The third kappa shape index (κ3) is 9.11. The average molecular weight is 543 g/mol. The van der Waals surface area contributed by atoms with Gasteiger partial charge in [-0.3, -0.25) is 0 Å². The molecule has 3 rings (SSSR count). The van der Waals surface area contributed by atoms with Gasteiger partial charge < -0.3 is 24.1 Å². The fraction of sp³-hybridized carbons (Fsp3) is 0.156. The van der Waals surface area contributed by atoms with Gasteiger partial charge in [-0.2, -0.15) is 0 Å². The van der Waals surface area contributed by atoms with E-state index < -0.39 is 24.5 Å². The zero-order chi connectivity index (χ0) is 28.9. The Morgan fingerprint density at radius 3 is 2.10 bits per heavy atom. The number of aliphatic hydroxyl groups excluding tert-OH is 1. The van der Waals surface area contributed by atoms with Crippen LogP contribution in [-0.2, 0) is 19.1 Å². The van der Waals surface area contributed by atoms with Gasteiger partial charge >= 0.3 is 17.9 Å². The highest BCUT2D eigenvalue weighted by atomic mass is 16.5.